The summed E-state index contributed by atoms with van der Waals surface area (Å²) >= 11 is 0. The van der Waals surface area contributed by atoms with Crippen molar-refractivity contribution in [3.8, 4) is 0 Å². The molecule has 0 aromatic heterocycles. The molecule has 3 heteroatoms. The van der Waals surface area contributed by atoms with E-state index in [1.54, 1.807) is 0 Å². The van der Waals surface area contributed by atoms with Crippen LogP contribution in [0, 0.1) is 17.8 Å². The Morgan fingerprint density at radius 3 is 2.32 bits per heavy atom. The monoisotopic (exact) mass is 268 g/mol. The molecular formula is C16H32N2O. The molecule has 1 aliphatic heterocycles. The van der Waals surface area contributed by atoms with E-state index in [4.69, 9.17) is 5.11 Å². The van der Waals surface area contributed by atoms with Gasteiger partial charge in [0.05, 0.1) is 0 Å². The lowest BCUT2D eigenvalue weighted by Crippen LogP contribution is -2.58. The first-order chi connectivity index (χ1) is 9.11. The molecule has 1 heterocycles. The lowest BCUT2D eigenvalue weighted by molar-refractivity contribution is 0.0281. The number of hydrogen-bond donors (Lipinski definition) is 2. The average molecular weight is 268 g/mol. The van der Waals surface area contributed by atoms with Crippen LogP contribution in [-0.2, 0) is 0 Å². The van der Waals surface area contributed by atoms with Crippen LogP contribution in [0.5, 0.6) is 0 Å². The Bertz CT molecular complexity index is 255. The number of nitrogens with one attached hydrogen (secondary N) is 1. The van der Waals surface area contributed by atoms with E-state index in [1.165, 1.54) is 32.4 Å². The SMILES string of the molecule is CC(CCO)CNC1C2CCCC1CN(C(C)C)C2. The molecule has 0 spiro atoms. The zero-order valence-corrected chi connectivity index (χ0v) is 12.9. The fraction of sp³-hybridized carbons (Fsp3) is 1.00. The van der Waals surface area contributed by atoms with Crippen LogP contribution in [0.3, 0.4) is 0 Å². The Hall–Kier alpha value is -0.120. The van der Waals surface area contributed by atoms with Crippen LogP contribution in [0.2, 0.25) is 0 Å². The van der Waals surface area contributed by atoms with Gasteiger partial charge < -0.3 is 15.3 Å². The van der Waals surface area contributed by atoms with Crippen molar-refractivity contribution in [3.63, 3.8) is 0 Å². The van der Waals surface area contributed by atoms with Gasteiger partial charge in [-0.2, -0.15) is 0 Å². The standard InChI is InChI=1S/C16H32N2O/c1-12(2)18-10-14-5-4-6-15(11-18)16(14)17-9-13(3)7-8-19/h12-17,19H,4-11H2,1-3H3. The molecule has 1 saturated carbocycles. The van der Waals surface area contributed by atoms with Crippen LogP contribution in [0.15, 0.2) is 0 Å². The maximum atomic E-state index is 9.00. The number of aliphatic hydroxyl groups is 1. The van der Waals surface area contributed by atoms with Crippen LogP contribution in [0.1, 0.15) is 46.5 Å². The van der Waals surface area contributed by atoms with Gasteiger partial charge in [-0.25, -0.2) is 0 Å². The molecule has 2 fully saturated rings. The fourth-order valence-electron chi connectivity index (χ4n) is 3.89. The molecule has 3 nitrogen and oxygen atoms in total. The van der Waals surface area contributed by atoms with Gasteiger partial charge in [-0.05, 0) is 57.4 Å². The molecule has 2 bridgehead atoms. The highest BCUT2D eigenvalue weighted by Crippen LogP contribution is 2.35. The molecule has 0 aromatic rings. The molecular weight excluding hydrogens is 236 g/mol. The van der Waals surface area contributed by atoms with Gasteiger partial charge in [0.25, 0.3) is 0 Å². The summed E-state index contributed by atoms with van der Waals surface area (Å²) in [6.07, 6.45) is 5.14. The quantitative estimate of drug-likeness (QED) is 0.774. The van der Waals surface area contributed by atoms with E-state index in [0.717, 1.165) is 30.8 Å². The molecule has 0 aromatic carbocycles. The second-order valence-corrected chi connectivity index (χ2v) is 7.05. The first-order valence-electron chi connectivity index (χ1n) is 8.20. The van der Waals surface area contributed by atoms with Crippen LogP contribution < -0.4 is 5.32 Å². The largest absolute Gasteiger partial charge is 0.396 e. The van der Waals surface area contributed by atoms with Gasteiger partial charge in [-0.15, -0.1) is 0 Å². The minimum atomic E-state index is 0.321. The predicted molar refractivity (Wildman–Crippen MR) is 80.2 cm³/mol. The third kappa shape index (κ3) is 3.93. The summed E-state index contributed by atoms with van der Waals surface area (Å²) in [7, 11) is 0. The molecule has 3 atom stereocenters. The van der Waals surface area contributed by atoms with Gasteiger partial charge in [0.2, 0.25) is 0 Å². The van der Waals surface area contributed by atoms with Gasteiger partial charge in [0.1, 0.15) is 0 Å². The first kappa shape index (κ1) is 15.3. The molecule has 112 valence electrons. The van der Waals surface area contributed by atoms with Crippen LogP contribution in [0.4, 0.5) is 0 Å². The van der Waals surface area contributed by atoms with Crippen molar-refractivity contribution in [2.45, 2.75) is 58.5 Å². The Labute approximate surface area is 118 Å². The third-order valence-corrected chi connectivity index (χ3v) is 5.16. The number of piperidine rings is 1. The first-order valence-corrected chi connectivity index (χ1v) is 8.20. The summed E-state index contributed by atoms with van der Waals surface area (Å²) in [5, 5.41) is 12.8. The zero-order valence-electron chi connectivity index (χ0n) is 12.9. The number of aliphatic hydroxyl groups excluding tert-OH is 1. The van der Waals surface area contributed by atoms with Crippen molar-refractivity contribution in [3.05, 3.63) is 0 Å². The van der Waals surface area contributed by atoms with Gasteiger partial charge >= 0.3 is 0 Å². The minimum Gasteiger partial charge on any atom is -0.396 e. The van der Waals surface area contributed by atoms with E-state index in [0.29, 0.717) is 18.6 Å². The Kier molecular flexibility index (Phi) is 5.67. The molecule has 3 unspecified atom stereocenters. The molecule has 2 aliphatic rings. The van der Waals surface area contributed by atoms with E-state index in [-0.39, 0.29) is 0 Å². The second kappa shape index (κ2) is 7.05. The molecule has 0 amide bonds. The normalized spacial score (nSPS) is 33.6. The lowest BCUT2D eigenvalue weighted by atomic mass is 9.73. The highest BCUT2D eigenvalue weighted by molar-refractivity contribution is 4.95. The number of rotatable bonds is 6. The molecule has 2 rings (SSSR count). The lowest BCUT2D eigenvalue weighted by Gasteiger charge is -2.49. The number of nitrogens with zero attached hydrogens (tertiary/aromatic N) is 1. The molecule has 0 radical (unpaired) electrons. The average Bonchev–Trinajstić information content (AvgIpc) is 2.35. The van der Waals surface area contributed by atoms with Gasteiger partial charge in [-0.3, -0.25) is 0 Å². The van der Waals surface area contributed by atoms with Crippen LogP contribution >= 0.6 is 0 Å². The van der Waals surface area contributed by atoms with Crippen molar-refractivity contribution in [1.29, 1.82) is 0 Å². The van der Waals surface area contributed by atoms with Crippen molar-refractivity contribution in [2.24, 2.45) is 17.8 Å². The van der Waals surface area contributed by atoms with Crippen molar-refractivity contribution >= 4 is 0 Å². The summed E-state index contributed by atoms with van der Waals surface area (Å²) < 4.78 is 0. The van der Waals surface area contributed by atoms with E-state index in [2.05, 4.69) is 31.0 Å². The summed E-state index contributed by atoms with van der Waals surface area (Å²) in [6, 6.07) is 1.42. The molecule has 19 heavy (non-hydrogen) atoms. The Balaban J connectivity index is 1.87. The van der Waals surface area contributed by atoms with E-state index < -0.39 is 0 Å². The number of hydrogen-bond acceptors (Lipinski definition) is 3. The zero-order chi connectivity index (χ0) is 13.8. The second-order valence-electron chi connectivity index (χ2n) is 7.05. The summed E-state index contributed by atoms with van der Waals surface area (Å²) in [5.41, 5.74) is 0. The Morgan fingerprint density at radius 1 is 1.16 bits per heavy atom. The minimum absolute atomic E-state index is 0.321. The highest BCUT2D eigenvalue weighted by Gasteiger charge is 2.39. The summed E-state index contributed by atoms with van der Waals surface area (Å²) in [4.78, 5) is 2.67. The van der Waals surface area contributed by atoms with E-state index >= 15 is 0 Å². The van der Waals surface area contributed by atoms with E-state index in [9.17, 15) is 0 Å². The van der Waals surface area contributed by atoms with Crippen molar-refractivity contribution in [1.82, 2.24) is 10.2 Å². The topological polar surface area (TPSA) is 35.5 Å². The molecule has 1 saturated heterocycles. The maximum Gasteiger partial charge on any atom is 0.0434 e. The number of likely N-dealkylation sites (tertiary alicyclic amines) is 1. The maximum absolute atomic E-state index is 9.00. The highest BCUT2D eigenvalue weighted by atomic mass is 16.3. The Morgan fingerprint density at radius 2 is 1.79 bits per heavy atom. The van der Waals surface area contributed by atoms with Gasteiger partial charge in [0, 0.05) is 31.8 Å². The predicted octanol–water partition coefficient (Wildman–Crippen LogP) is 2.10. The van der Waals surface area contributed by atoms with Gasteiger partial charge in [-0.1, -0.05) is 13.3 Å². The summed E-state index contributed by atoms with van der Waals surface area (Å²) in [5.74, 6) is 2.28. The fourth-order valence-corrected chi connectivity index (χ4v) is 3.89. The molecule has 2 N–H and O–H groups in total. The van der Waals surface area contributed by atoms with Crippen LogP contribution in [0.25, 0.3) is 0 Å². The van der Waals surface area contributed by atoms with Gasteiger partial charge in [0.15, 0.2) is 0 Å². The number of fused-ring (bicyclic) bond motifs is 2. The summed E-state index contributed by atoms with van der Waals surface area (Å²) in [6.45, 7) is 10.8. The smallest absolute Gasteiger partial charge is 0.0434 e. The van der Waals surface area contributed by atoms with Crippen LogP contribution in [-0.4, -0.2) is 48.3 Å². The molecule has 1 aliphatic carbocycles. The van der Waals surface area contributed by atoms with Crippen molar-refractivity contribution < 1.29 is 5.11 Å². The third-order valence-electron chi connectivity index (χ3n) is 5.16. The van der Waals surface area contributed by atoms with E-state index in [1.807, 2.05) is 0 Å². The van der Waals surface area contributed by atoms with Crippen molar-refractivity contribution in [2.75, 3.05) is 26.2 Å².